The van der Waals surface area contributed by atoms with Crippen molar-refractivity contribution in [1.29, 1.82) is 0 Å². The molecule has 0 unspecified atom stereocenters. The number of aliphatic hydroxyl groups is 1. The SMILES string of the molecule is CNC[C@H]1c2ccccc2Oc2ccc(Cl)cc2[C@@H]1CO. The van der Waals surface area contributed by atoms with Gasteiger partial charge in [-0.05, 0) is 36.9 Å². The van der Waals surface area contributed by atoms with Crippen LogP contribution in [0.15, 0.2) is 42.5 Å². The number of aliphatic hydroxyl groups excluding tert-OH is 1. The standard InChI is InChI=1S/C17H18ClNO2/c1-19-9-14-12-4-2-3-5-16(12)21-17-7-6-11(18)8-13(17)15(14)10-20/h2-8,14-15,19-20H,9-10H2,1H3/t14-,15-/m0/s1. The number of fused-ring (bicyclic) bond motifs is 2. The predicted octanol–water partition coefficient (Wildman–Crippen LogP) is 3.52. The molecule has 0 spiro atoms. The number of para-hydroxylation sites is 1. The summed E-state index contributed by atoms with van der Waals surface area (Å²) in [7, 11) is 1.92. The lowest BCUT2D eigenvalue weighted by Crippen LogP contribution is -2.24. The van der Waals surface area contributed by atoms with Gasteiger partial charge in [0.25, 0.3) is 0 Å². The molecule has 2 N–H and O–H groups in total. The maximum absolute atomic E-state index is 9.95. The molecule has 0 saturated heterocycles. The molecule has 1 aliphatic rings. The minimum absolute atomic E-state index is 0.0465. The lowest BCUT2D eigenvalue weighted by molar-refractivity contribution is 0.247. The molecule has 0 radical (unpaired) electrons. The number of hydrogen-bond donors (Lipinski definition) is 2. The molecular weight excluding hydrogens is 286 g/mol. The van der Waals surface area contributed by atoms with E-state index >= 15 is 0 Å². The van der Waals surface area contributed by atoms with Crippen molar-refractivity contribution in [3.05, 3.63) is 58.6 Å². The van der Waals surface area contributed by atoms with E-state index in [-0.39, 0.29) is 18.4 Å². The summed E-state index contributed by atoms with van der Waals surface area (Å²) in [6, 6.07) is 13.6. The monoisotopic (exact) mass is 303 g/mol. The Hall–Kier alpha value is -1.55. The van der Waals surface area contributed by atoms with Crippen LogP contribution in [0, 0.1) is 0 Å². The molecule has 0 saturated carbocycles. The third-order valence-corrected chi connectivity index (χ3v) is 4.25. The summed E-state index contributed by atoms with van der Waals surface area (Å²) in [4.78, 5) is 0. The summed E-state index contributed by atoms with van der Waals surface area (Å²) in [6.45, 7) is 0.814. The van der Waals surface area contributed by atoms with Crippen LogP contribution in [-0.2, 0) is 0 Å². The summed E-state index contributed by atoms with van der Waals surface area (Å²) in [5, 5.41) is 13.8. The Balaban J connectivity index is 2.19. The highest BCUT2D eigenvalue weighted by atomic mass is 35.5. The van der Waals surface area contributed by atoms with E-state index in [4.69, 9.17) is 16.3 Å². The second-order valence-electron chi connectivity index (χ2n) is 5.28. The van der Waals surface area contributed by atoms with E-state index in [2.05, 4.69) is 11.4 Å². The van der Waals surface area contributed by atoms with E-state index in [9.17, 15) is 5.11 Å². The molecule has 0 bridgehead atoms. The van der Waals surface area contributed by atoms with E-state index in [1.54, 1.807) is 0 Å². The third-order valence-electron chi connectivity index (χ3n) is 4.02. The summed E-state index contributed by atoms with van der Waals surface area (Å²) in [6.07, 6.45) is 0. The van der Waals surface area contributed by atoms with E-state index in [0.29, 0.717) is 5.02 Å². The molecule has 1 aliphatic heterocycles. The molecule has 110 valence electrons. The fraction of sp³-hybridized carbons (Fsp3) is 0.294. The van der Waals surface area contributed by atoms with E-state index in [1.807, 2.05) is 43.4 Å². The number of halogens is 1. The predicted molar refractivity (Wildman–Crippen MR) is 84.5 cm³/mol. The first-order chi connectivity index (χ1) is 10.2. The Morgan fingerprint density at radius 3 is 2.62 bits per heavy atom. The van der Waals surface area contributed by atoms with Crippen LogP contribution in [0.5, 0.6) is 11.5 Å². The van der Waals surface area contributed by atoms with Crippen LogP contribution in [0.25, 0.3) is 0 Å². The van der Waals surface area contributed by atoms with Crippen molar-refractivity contribution in [2.45, 2.75) is 11.8 Å². The first-order valence-corrected chi connectivity index (χ1v) is 7.44. The van der Waals surface area contributed by atoms with Crippen molar-refractivity contribution >= 4 is 11.6 Å². The average Bonchev–Trinajstić information content (AvgIpc) is 2.62. The van der Waals surface area contributed by atoms with E-state index in [1.165, 1.54) is 0 Å². The number of rotatable bonds is 3. The van der Waals surface area contributed by atoms with Gasteiger partial charge in [0, 0.05) is 29.0 Å². The van der Waals surface area contributed by atoms with Crippen LogP contribution in [0.4, 0.5) is 0 Å². The molecule has 2 atom stereocenters. The molecular formula is C17H18ClNO2. The van der Waals surface area contributed by atoms with E-state index < -0.39 is 0 Å². The van der Waals surface area contributed by atoms with Crippen LogP contribution in [-0.4, -0.2) is 25.3 Å². The van der Waals surface area contributed by atoms with Gasteiger partial charge in [0.15, 0.2) is 0 Å². The van der Waals surface area contributed by atoms with Crippen molar-refractivity contribution < 1.29 is 9.84 Å². The van der Waals surface area contributed by atoms with Gasteiger partial charge in [0.1, 0.15) is 11.5 Å². The molecule has 3 rings (SSSR count). The molecule has 3 nitrogen and oxygen atoms in total. The number of benzene rings is 2. The first kappa shape index (κ1) is 14.4. The van der Waals surface area contributed by atoms with Crippen LogP contribution in [0.3, 0.4) is 0 Å². The highest BCUT2D eigenvalue weighted by Crippen LogP contribution is 2.46. The number of nitrogens with one attached hydrogen (secondary N) is 1. The Morgan fingerprint density at radius 2 is 1.86 bits per heavy atom. The smallest absolute Gasteiger partial charge is 0.131 e. The Labute approximate surface area is 129 Å². The van der Waals surface area contributed by atoms with Crippen LogP contribution in [0.2, 0.25) is 5.02 Å². The maximum Gasteiger partial charge on any atom is 0.131 e. The van der Waals surface area contributed by atoms with Gasteiger partial charge in [-0.2, -0.15) is 0 Å². The third kappa shape index (κ3) is 2.64. The molecule has 0 fully saturated rings. The van der Waals surface area contributed by atoms with Gasteiger partial charge >= 0.3 is 0 Å². The molecule has 2 aromatic rings. The van der Waals surface area contributed by atoms with Crippen molar-refractivity contribution in [2.24, 2.45) is 0 Å². The molecule has 4 heteroatoms. The van der Waals surface area contributed by atoms with Gasteiger partial charge in [0.05, 0.1) is 6.61 Å². The quantitative estimate of drug-likeness (QED) is 0.911. The molecule has 0 aliphatic carbocycles. The summed E-state index contributed by atoms with van der Waals surface area (Å²) >= 11 is 6.14. The van der Waals surface area contributed by atoms with Gasteiger partial charge in [-0.15, -0.1) is 0 Å². The highest BCUT2D eigenvalue weighted by Gasteiger charge is 2.31. The highest BCUT2D eigenvalue weighted by molar-refractivity contribution is 6.30. The number of ether oxygens (including phenoxy) is 1. The molecule has 0 aromatic heterocycles. The zero-order valence-electron chi connectivity index (χ0n) is 11.8. The fourth-order valence-corrected chi connectivity index (χ4v) is 3.21. The lowest BCUT2D eigenvalue weighted by Gasteiger charge is -2.25. The maximum atomic E-state index is 9.95. The summed E-state index contributed by atoms with van der Waals surface area (Å²) < 4.78 is 6.07. The number of likely N-dealkylation sites (N-methyl/N-ethyl adjacent to an activating group) is 1. The Morgan fingerprint density at radius 1 is 1.10 bits per heavy atom. The molecule has 1 heterocycles. The van der Waals surface area contributed by atoms with Crippen molar-refractivity contribution in [1.82, 2.24) is 5.32 Å². The van der Waals surface area contributed by atoms with Crippen molar-refractivity contribution in [2.75, 3.05) is 20.2 Å². The van der Waals surface area contributed by atoms with Gasteiger partial charge in [0.2, 0.25) is 0 Å². The minimum Gasteiger partial charge on any atom is -0.457 e. The largest absolute Gasteiger partial charge is 0.457 e. The van der Waals surface area contributed by atoms with Gasteiger partial charge in [-0.1, -0.05) is 29.8 Å². The van der Waals surface area contributed by atoms with Crippen LogP contribution < -0.4 is 10.1 Å². The summed E-state index contributed by atoms with van der Waals surface area (Å²) in [5.74, 6) is 1.70. The molecule has 2 aromatic carbocycles. The molecule has 0 amide bonds. The van der Waals surface area contributed by atoms with E-state index in [0.717, 1.165) is 29.2 Å². The van der Waals surface area contributed by atoms with Gasteiger partial charge in [-0.25, -0.2) is 0 Å². The first-order valence-electron chi connectivity index (χ1n) is 7.06. The normalized spacial score (nSPS) is 20.1. The zero-order valence-corrected chi connectivity index (χ0v) is 12.6. The second-order valence-corrected chi connectivity index (χ2v) is 5.71. The lowest BCUT2D eigenvalue weighted by atomic mass is 9.82. The van der Waals surface area contributed by atoms with Crippen molar-refractivity contribution in [3.63, 3.8) is 0 Å². The van der Waals surface area contributed by atoms with Crippen molar-refractivity contribution in [3.8, 4) is 11.5 Å². The average molecular weight is 304 g/mol. The second kappa shape index (κ2) is 6.06. The van der Waals surface area contributed by atoms with Crippen LogP contribution >= 0.6 is 11.6 Å². The molecule has 21 heavy (non-hydrogen) atoms. The number of hydrogen-bond acceptors (Lipinski definition) is 3. The Bertz CT molecular complexity index is 644. The van der Waals surface area contributed by atoms with Crippen LogP contribution in [0.1, 0.15) is 23.0 Å². The Kier molecular flexibility index (Phi) is 4.15. The summed E-state index contributed by atoms with van der Waals surface area (Å²) in [5.41, 5.74) is 2.07. The minimum atomic E-state index is -0.0465. The van der Waals surface area contributed by atoms with Gasteiger partial charge < -0.3 is 15.2 Å². The topological polar surface area (TPSA) is 41.5 Å². The zero-order chi connectivity index (χ0) is 14.8. The van der Waals surface area contributed by atoms with Gasteiger partial charge in [-0.3, -0.25) is 0 Å². The fourth-order valence-electron chi connectivity index (χ4n) is 3.03.